The number of aromatic nitrogens is 1. The molecule has 1 saturated heterocycles. The van der Waals surface area contributed by atoms with Gasteiger partial charge in [0.15, 0.2) is 0 Å². The normalized spacial score (nSPS) is 26.7. The molecule has 0 bridgehead atoms. The first-order valence-electron chi connectivity index (χ1n) is 8.46. The lowest BCUT2D eigenvalue weighted by atomic mass is 9.75. The van der Waals surface area contributed by atoms with E-state index < -0.39 is 0 Å². The standard InChI is InChI=1S/C17H29N3O/c1-17(2,3)18-10-15-12-21-16(19-15)20-9-8-13-6-4-5-7-14(13)11-20/h12-14,18H,4-11H2,1-3H3. The second kappa shape index (κ2) is 5.99. The fraction of sp³-hybridized carbons (Fsp3) is 0.824. The molecule has 0 amide bonds. The Morgan fingerprint density at radius 2 is 2.00 bits per heavy atom. The van der Waals surface area contributed by atoms with Gasteiger partial charge < -0.3 is 14.6 Å². The molecule has 2 aliphatic rings. The molecule has 3 rings (SSSR count). The molecule has 2 heterocycles. The van der Waals surface area contributed by atoms with Gasteiger partial charge in [-0.05, 0) is 45.4 Å². The molecule has 21 heavy (non-hydrogen) atoms. The lowest BCUT2D eigenvalue weighted by Crippen LogP contribution is -2.42. The number of oxazole rings is 1. The average molecular weight is 291 g/mol. The van der Waals surface area contributed by atoms with Gasteiger partial charge in [-0.25, -0.2) is 0 Å². The van der Waals surface area contributed by atoms with Crippen LogP contribution in [0.3, 0.4) is 0 Å². The van der Waals surface area contributed by atoms with Crippen LogP contribution in [0.15, 0.2) is 10.7 Å². The lowest BCUT2D eigenvalue weighted by Gasteiger charge is -2.40. The molecule has 118 valence electrons. The third-order valence-electron chi connectivity index (χ3n) is 4.90. The Morgan fingerprint density at radius 1 is 1.24 bits per heavy atom. The highest BCUT2D eigenvalue weighted by Crippen LogP contribution is 2.37. The third kappa shape index (κ3) is 3.79. The lowest BCUT2D eigenvalue weighted by molar-refractivity contribution is 0.198. The number of rotatable bonds is 3. The van der Waals surface area contributed by atoms with E-state index >= 15 is 0 Å². The SMILES string of the molecule is CC(C)(C)NCc1coc(N2CCC3CCCCC3C2)n1. The number of piperidine rings is 1. The van der Waals surface area contributed by atoms with Crippen molar-refractivity contribution < 1.29 is 4.42 Å². The second-order valence-electron chi connectivity index (χ2n) is 7.76. The highest BCUT2D eigenvalue weighted by atomic mass is 16.4. The van der Waals surface area contributed by atoms with E-state index in [0.29, 0.717) is 0 Å². The van der Waals surface area contributed by atoms with E-state index in [9.17, 15) is 0 Å². The van der Waals surface area contributed by atoms with Crippen molar-refractivity contribution in [2.45, 2.75) is 65.0 Å². The maximum atomic E-state index is 5.72. The Bertz CT molecular complexity index is 463. The summed E-state index contributed by atoms with van der Waals surface area (Å²) in [4.78, 5) is 7.03. The van der Waals surface area contributed by atoms with Crippen molar-refractivity contribution in [1.82, 2.24) is 10.3 Å². The van der Waals surface area contributed by atoms with E-state index in [1.54, 1.807) is 6.26 Å². The topological polar surface area (TPSA) is 41.3 Å². The molecule has 1 aliphatic heterocycles. The molecule has 4 nitrogen and oxygen atoms in total. The number of nitrogens with one attached hydrogen (secondary N) is 1. The van der Waals surface area contributed by atoms with E-state index in [-0.39, 0.29) is 5.54 Å². The van der Waals surface area contributed by atoms with Crippen LogP contribution in [0.2, 0.25) is 0 Å². The summed E-state index contributed by atoms with van der Waals surface area (Å²) in [5.74, 6) is 1.81. The zero-order chi connectivity index (χ0) is 14.9. The summed E-state index contributed by atoms with van der Waals surface area (Å²) >= 11 is 0. The number of anilines is 1. The van der Waals surface area contributed by atoms with E-state index in [1.165, 1.54) is 32.1 Å². The largest absolute Gasteiger partial charge is 0.432 e. The molecule has 1 saturated carbocycles. The van der Waals surface area contributed by atoms with Crippen LogP contribution in [-0.2, 0) is 6.54 Å². The van der Waals surface area contributed by atoms with Crippen LogP contribution in [0, 0.1) is 11.8 Å². The first-order valence-corrected chi connectivity index (χ1v) is 8.46. The maximum absolute atomic E-state index is 5.72. The third-order valence-corrected chi connectivity index (χ3v) is 4.90. The molecule has 4 heteroatoms. The van der Waals surface area contributed by atoms with Gasteiger partial charge in [-0.15, -0.1) is 0 Å². The highest BCUT2D eigenvalue weighted by Gasteiger charge is 2.32. The molecule has 0 aromatic carbocycles. The van der Waals surface area contributed by atoms with Crippen LogP contribution in [0.5, 0.6) is 0 Å². The summed E-state index contributed by atoms with van der Waals surface area (Å²) in [5, 5.41) is 3.46. The number of nitrogens with zero attached hydrogens (tertiary/aromatic N) is 2. The van der Waals surface area contributed by atoms with Crippen molar-refractivity contribution in [2.24, 2.45) is 11.8 Å². The van der Waals surface area contributed by atoms with E-state index in [1.807, 2.05) is 0 Å². The maximum Gasteiger partial charge on any atom is 0.297 e. The van der Waals surface area contributed by atoms with Crippen LogP contribution >= 0.6 is 0 Å². The Hall–Kier alpha value is -1.03. The average Bonchev–Trinajstić information content (AvgIpc) is 2.93. The second-order valence-corrected chi connectivity index (χ2v) is 7.76. The summed E-state index contributed by atoms with van der Waals surface area (Å²) in [6, 6.07) is 0.824. The molecule has 1 aromatic rings. The number of hydrogen-bond acceptors (Lipinski definition) is 4. The van der Waals surface area contributed by atoms with Gasteiger partial charge >= 0.3 is 0 Å². The molecule has 1 aliphatic carbocycles. The fourth-order valence-corrected chi connectivity index (χ4v) is 3.65. The van der Waals surface area contributed by atoms with Gasteiger partial charge in [0, 0.05) is 25.2 Å². The summed E-state index contributed by atoms with van der Waals surface area (Å²) in [6.45, 7) is 9.52. The van der Waals surface area contributed by atoms with Crippen LogP contribution in [-0.4, -0.2) is 23.6 Å². The van der Waals surface area contributed by atoms with E-state index in [0.717, 1.165) is 43.2 Å². The quantitative estimate of drug-likeness (QED) is 0.924. The highest BCUT2D eigenvalue weighted by molar-refractivity contribution is 5.28. The van der Waals surface area contributed by atoms with Gasteiger partial charge in [0.25, 0.3) is 6.01 Å². The molecule has 1 aromatic heterocycles. The van der Waals surface area contributed by atoms with Gasteiger partial charge in [0.05, 0.1) is 5.69 Å². The summed E-state index contributed by atoms with van der Waals surface area (Å²) in [7, 11) is 0. The molecule has 2 fully saturated rings. The Balaban J connectivity index is 1.58. The van der Waals surface area contributed by atoms with Crippen molar-refractivity contribution >= 4 is 6.01 Å². The number of fused-ring (bicyclic) bond motifs is 1. The van der Waals surface area contributed by atoms with Crippen LogP contribution < -0.4 is 10.2 Å². The minimum atomic E-state index is 0.111. The Labute approximate surface area is 128 Å². The molecular formula is C17H29N3O. The zero-order valence-corrected chi connectivity index (χ0v) is 13.7. The predicted octanol–water partition coefficient (Wildman–Crippen LogP) is 3.58. The molecule has 2 atom stereocenters. The minimum absolute atomic E-state index is 0.111. The van der Waals surface area contributed by atoms with Crippen LogP contribution in [0.4, 0.5) is 6.01 Å². The van der Waals surface area contributed by atoms with Crippen LogP contribution in [0.25, 0.3) is 0 Å². The number of hydrogen-bond donors (Lipinski definition) is 1. The van der Waals surface area contributed by atoms with Crippen molar-refractivity contribution in [3.05, 3.63) is 12.0 Å². The van der Waals surface area contributed by atoms with Crippen molar-refractivity contribution in [1.29, 1.82) is 0 Å². The first kappa shape index (κ1) is 14.9. The monoisotopic (exact) mass is 291 g/mol. The van der Waals surface area contributed by atoms with E-state index in [4.69, 9.17) is 4.42 Å². The molecule has 1 N–H and O–H groups in total. The van der Waals surface area contributed by atoms with Gasteiger partial charge in [0.1, 0.15) is 6.26 Å². The summed E-state index contributed by atoms with van der Waals surface area (Å²) in [5.41, 5.74) is 1.12. The fourth-order valence-electron chi connectivity index (χ4n) is 3.65. The van der Waals surface area contributed by atoms with Crippen molar-refractivity contribution in [3.63, 3.8) is 0 Å². The van der Waals surface area contributed by atoms with Crippen molar-refractivity contribution in [3.8, 4) is 0 Å². The smallest absolute Gasteiger partial charge is 0.297 e. The van der Waals surface area contributed by atoms with Gasteiger partial charge in [-0.3, -0.25) is 0 Å². The first-order chi connectivity index (χ1) is 10.0. The Morgan fingerprint density at radius 3 is 2.76 bits per heavy atom. The molecule has 0 radical (unpaired) electrons. The minimum Gasteiger partial charge on any atom is -0.432 e. The predicted molar refractivity (Wildman–Crippen MR) is 85.4 cm³/mol. The van der Waals surface area contributed by atoms with Crippen LogP contribution in [0.1, 0.15) is 58.6 Å². The van der Waals surface area contributed by atoms with Gasteiger partial charge in [-0.1, -0.05) is 19.3 Å². The summed E-state index contributed by atoms with van der Waals surface area (Å²) in [6.07, 6.45) is 8.78. The van der Waals surface area contributed by atoms with Gasteiger partial charge in [-0.2, -0.15) is 4.98 Å². The Kier molecular flexibility index (Phi) is 4.25. The van der Waals surface area contributed by atoms with Gasteiger partial charge in [0.2, 0.25) is 0 Å². The molecular weight excluding hydrogens is 262 g/mol. The molecule has 0 spiro atoms. The zero-order valence-electron chi connectivity index (χ0n) is 13.7. The summed E-state index contributed by atoms with van der Waals surface area (Å²) < 4.78 is 5.72. The molecule has 2 unspecified atom stereocenters. The van der Waals surface area contributed by atoms with Crippen molar-refractivity contribution in [2.75, 3.05) is 18.0 Å². The van der Waals surface area contributed by atoms with E-state index in [2.05, 4.69) is 36.0 Å².